The van der Waals surface area contributed by atoms with Crippen LogP contribution >= 0.6 is 0 Å². The highest BCUT2D eigenvalue weighted by Gasteiger charge is 2.20. The monoisotopic (exact) mass is 273 g/mol. The first-order valence-corrected chi connectivity index (χ1v) is 6.91. The maximum Gasteiger partial charge on any atom is 0.127 e. The number of methoxy groups -OCH3 is 1. The fourth-order valence-corrected chi connectivity index (χ4v) is 2.58. The molecule has 2 rings (SSSR count). The first kappa shape index (κ1) is 14.6. The van der Waals surface area contributed by atoms with Gasteiger partial charge in [0.05, 0.1) is 18.8 Å². The van der Waals surface area contributed by atoms with Gasteiger partial charge in [-0.05, 0) is 31.4 Å². The first-order valence-electron chi connectivity index (χ1n) is 6.91. The molecular formula is C16H23N3O. The van der Waals surface area contributed by atoms with Crippen molar-refractivity contribution in [3.05, 3.63) is 46.3 Å². The number of benzene rings is 1. The number of hydrogen-bond acceptors (Lipinski definition) is 3. The summed E-state index contributed by atoms with van der Waals surface area (Å²) in [5.41, 5.74) is 11.9. The molecule has 0 bridgehead atoms. The predicted octanol–water partition coefficient (Wildman–Crippen LogP) is 2.66. The Morgan fingerprint density at radius 1 is 1.30 bits per heavy atom. The summed E-state index contributed by atoms with van der Waals surface area (Å²) >= 11 is 0. The molecule has 0 fully saturated rings. The van der Waals surface area contributed by atoms with Gasteiger partial charge in [-0.1, -0.05) is 19.1 Å². The highest BCUT2D eigenvalue weighted by Crippen LogP contribution is 2.33. The van der Waals surface area contributed by atoms with Gasteiger partial charge in [-0.25, -0.2) is 0 Å². The van der Waals surface area contributed by atoms with Gasteiger partial charge in [0.25, 0.3) is 0 Å². The summed E-state index contributed by atoms with van der Waals surface area (Å²) in [5, 5.41) is 4.47. The lowest BCUT2D eigenvalue weighted by Crippen LogP contribution is -2.15. The smallest absolute Gasteiger partial charge is 0.127 e. The molecule has 0 radical (unpaired) electrons. The van der Waals surface area contributed by atoms with Crippen LogP contribution in [0.2, 0.25) is 0 Å². The van der Waals surface area contributed by atoms with Crippen molar-refractivity contribution in [3.8, 4) is 5.75 Å². The summed E-state index contributed by atoms with van der Waals surface area (Å²) in [7, 11) is 3.62. The van der Waals surface area contributed by atoms with Crippen molar-refractivity contribution in [3.63, 3.8) is 0 Å². The van der Waals surface area contributed by atoms with E-state index in [0.717, 1.165) is 34.6 Å². The van der Waals surface area contributed by atoms with Crippen LogP contribution < -0.4 is 10.5 Å². The van der Waals surface area contributed by atoms with Gasteiger partial charge in [0.1, 0.15) is 5.75 Å². The zero-order valence-corrected chi connectivity index (χ0v) is 12.9. The molecule has 0 spiro atoms. The van der Waals surface area contributed by atoms with Gasteiger partial charge < -0.3 is 10.5 Å². The Morgan fingerprint density at radius 2 is 2.00 bits per heavy atom. The standard InChI is InChI=1S/C16H23N3O/c1-6-14-13(9-19(4)18-14)15(17)12-8-7-10(2)11(3)16(12)20-5/h7-9,15H,6,17H2,1-5H3. The van der Waals surface area contributed by atoms with Gasteiger partial charge in [-0.3, -0.25) is 4.68 Å². The topological polar surface area (TPSA) is 53.1 Å². The fraction of sp³-hybridized carbons (Fsp3) is 0.438. The highest BCUT2D eigenvalue weighted by atomic mass is 16.5. The van der Waals surface area contributed by atoms with Crippen LogP contribution in [-0.2, 0) is 13.5 Å². The molecule has 108 valence electrons. The summed E-state index contributed by atoms with van der Waals surface area (Å²) in [6, 6.07) is 3.93. The summed E-state index contributed by atoms with van der Waals surface area (Å²) < 4.78 is 7.39. The number of rotatable bonds is 4. The molecule has 4 heteroatoms. The Bertz CT molecular complexity index is 616. The van der Waals surface area contributed by atoms with Crippen LogP contribution in [0.3, 0.4) is 0 Å². The maximum absolute atomic E-state index is 6.47. The lowest BCUT2D eigenvalue weighted by atomic mass is 9.94. The number of nitrogens with two attached hydrogens (primary N) is 1. The first-order chi connectivity index (χ1) is 9.49. The van der Waals surface area contributed by atoms with E-state index in [1.807, 2.05) is 17.9 Å². The van der Waals surface area contributed by atoms with E-state index < -0.39 is 0 Å². The zero-order valence-electron chi connectivity index (χ0n) is 12.9. The molecule has 1 unspecified atom stereocenters. The van der Waals surface area contributed by atoms with Crippen LogP contribution in [-0.4, -0.2) is 16.9 Å². The van der Waals surface area contributed by atoms with Crippen molar-refractivity contribution < 1.29 is 4.74 Å². The molecule has 0 aliphatic heterocycles. The number of nitrogens with zero attached hydrogens (tertiary/aromatic N) is 2. The van der Waals surface area contributed by atoms with E-state index in [4.69, 9.17) is 10.5 Å². The van der Waals surface area contributed by atoms with Crippen LogP contribution in [0.1, 0.15) is 40.9 Å². The molecule has 0 amide bonds. The van der Waals surface area contributed by atoms with Crippen LogP contribution in [0, 0.1) is 13.8 Å². The molecule has 4 nitrogen and oxygen atoms in total. The van der Waals surface area contributed by atoms with Crippen molar-refractivity contribution in [2.45, 2.75) is 33.2 Å². The van der Waals surface area contributed by atoms with E-state index >= 15 is 0 Å². The van der Waals surface area contributed by atoms with Gasteiger partial charge >= 0.3 is 0 Å². The Labute approximate surface area is 120 Å². The molecule has 2 N–H and O–H groups in total. The van der Waals surface area contributed by atoms with Gasteiger partial charge in [0.2, 0.25) is 0 Å². The molecule has 0 saturated carbocycles. The lowest BCUT2D eigenvalue weighted by Gasteiger charge is -2.18. The minimum absolute atomic E-state index is 0.215. The van der Waals surface area contributed by atoms with Gasteiger partial charge in [0.15, 0.2) is 0 Å². The summed E-state index contributed by atoms with van der Waals surface area (Å²) in [4.78, 5) is 0. The zero-order chi connectivity index (χ0) is 14.9. The molecule has 20 heavy (non-hydrogen) atoms. The van der Waals surface area contributed by atoms with Crippen molar-refractivity contribution in [2.24, 2.45) is 12.8 Å². The van der Waals surface area contributed by atoms with E-state index in [1.165, 1.54) is 5.56 Å². The van der Waals surface area contributed by atoms with Crippen molar-refractivity contribution in [1.29, 1.82) is 0 Å². The van der Waals surface area contributed by atoms with E-state index in [2.05, 4.69) is 38.0 Å². The quantitative estimate of drug-likeness (QED) is 0.931. The van der Waals surface area contributed by atoms with Gasteiger partial charge in [-0.15, -0.1) is 0 Å². The van der Waals surface area contributed by atoms with Crippen molar-refractivity contribution >= 4 is 0 Å². The fourth-order valence-electron chi connectivity index (χ4n) is 2.58. The average Bonchev–Trinajstić information content (AvgIpc) is 2.82. The van der Waals surface area contributed by atoms with E-state index in [-0.39, 0.29) is 6.04 Å². The SMILES string of the molecule is CCc1nn(C)cc1C(N)c1ccc(C)c(C)c1OC. The maximum atomic E-state index is 6.47. The van der Waals surface area contributed by atoms with Crippen LogP contribution in [0.25, 0.3) is 0 Å². The van der Waals surface area contributed by atoms with E-state index in [0.29, 0.717) is 0 Å². The summed E-state index contributed by atoms with van der Waals surface area (Å²) in [5.74, 6) is 0.878. The number of aryl methyl sites for hydroxylation is 3. The normalized spacial score (nSPS) is 12.5. The lowest BCUT2D eigenvalue weighted by molar-refractivity contribution is 0.404. The molecule has 0 aliphatic rings. The Morgan fingerprint density at radius 3 is 2.60 bits per heavy atom. The van der Waals surface area contributed by atoms with Crippen LogP contribution in [0.5, 0.6) is 5.75 Å². The van der Waals surface area contributed by atoms with Gasteiger partial charge in [-0.2, -0.15) is 5.10 Å². The second kappa shape index (κ2) is 5.67. The van der Waals surface area contributed by atoms with Crippen molar-refractivity contribution in [2.75, 3.05) is 7.11 Å². The largest absolute Gasteiger partial charge is 0.496 e. The average molecular weight is 273 g/mol. The third-order valence-electron chi connectivity index (χ3n) is 3.85. The molecule has 1 heterocycles. The minimum Gasteiger partial charge on any atom is -0.496 e. The Hall–Kier alpha value is -1.81. The van der Waals surface area contributed by atoms with E-state index in [1.54, 1.807) is 7.11 Å². The predicted molar refractivity (Wildman–Crippen MR) is 81.1 cm³/mol. The molecule has 0 aliphatic carbocycles. The third-order valence-corrected chi connectivity index (χ3v) is 3.85. The number of hydrogen-bond donors (Lipinski definition) is 1. The minimum atomic E-state index is -0.215. The Kier molecular flexibility index (Phi) is 4.14. The highest BCUT2D eigenvalue weighted by molar-refractivity contribution is 5.49. The molecule has 0 saturated heterocycles. The molecule has 1 atom stereocenters. The van der Waals surface area contributed by atoms with E-state index in [9.17, 15) is 0 Å². The van der Waals surface area contributed by atoms with Gasteiger partial charge in [0, 0.05) is 24.4 Å². The summed E-state index contributed by atoms with van der Waals surface area (Å²) in [6.07, 6.45) is 2.87. The number of ether oxygens (including phenoxy) is 1. The third kappa shape index (κ3) is 2.43. The second-order valence-electron chi connectivity index (χ2n) is 5.17. The molecular weight excluding hydrogens is 250 g/mol. The van der Waals surface area contributed by atoms with Crippen LogP contribution in [0.4, 0.5) is 0 Å². The second-order valence-corrected chi connectivity index (χ2v) is 5.17. The summed E-state index contributed by atoms with van der Waals surface area (Å²) in [6.45, 7) is 6.24. The van der Waals surface area contributed by atoms with Crippen molar-refractivity contribution in [1.82, 2.24) is 9.78 Å². The number of aromatic nitrogens is 2. The Balaban J connectivity index is 2.53. The molecule has 1 aromatic carbocycles. The molecule has 2 aromatic rings. The van der Waals surface area contributed by atoms with Crippen LogP contribution in [0.15, 0.2) is 18.3 Å². The molecule has 1 aromatic heterocycles.